The van der Waals surface area contributed by atoms with Crippen molar-refractivity contribution in [3.63, 3.8) is 0 Å². The highest BCUT2D eigenvalue weighted by Crippen LogP contribution is 2.59. The summed E-state index contributed by atoms with van der Waals surface area (Å²) in [6.07, 6.45) is 1.06. The molecule has 2 aromatic carbocycles. The minimum Gasteiger partial charge on any atom is -0.354 e. The molecule has 1 fully saturated rings. The lowest BCUT2D eigenvalue weighted by Crippen LogP contribution is -2.20. The molecule has 3 aromatic rings. The smallest absolute Gasteiger partial charge is 0.215 e. The highest BCUT2D eigenvalue weighted by Gasteiger charge is 2.59. The molecule has 128 valence electrons. The van der Waals surface area contributed by atoms with E-state index in [2.05, 4.69) is 10.1 Å². The summed E-state index contributed by atoms with van der Waals surface area (Å²) in [5.74, 6) is -1.84. The molecular formula is C17H12ClF2N3OS. The number of aromatic amines is 1. The van der Waals surface area contributed by atoms with Gasteiger partial charge in [-0.25, -0.2) is 13.8 Å². The van der Waals surface area contributed by atoms with Crippen molar-refractivity contribution in [1.29, 1.82) is 0 Å². The first-order valence-corrected chi connectivity index (χ1v) is 8.28. The Kier molecular flexibility index (Phi) is 3.94. The largest absolute Gasteiger partial charge is 0.354 e. The van der Waals surface area contributed by atoms with Gasteiger partial charge in [0.1, 0.15) is 18.0 Å². The predicted molar refractivity (Wildman–Crippen MR) is 90.7 cm³/mol. The summed E-state index contributed by atoms with van der Waals surface area (Å²) in [5.41, 5.74) is 0.373. The number of hydrogen-bond donors (Lipinski definition) is 1. The van der Waals surface area contributed by atoms with Gasteiger partial charge in [-0.1, -0.05) is 35.9 Å². The van der Waals surface area contributed by atoms with E-state index in [-0.39, 0.29) is 6.54 Å². The molecule has 1 aliphatic rings. The van der Waals surface area contributed by atoms with Crippen LogP contribution in [0.1, 0.15) is 17.2 Å². The van der Waals surface area contributed by atoms with Crippen molar-refractivity contribution in [2.45, 2.75) is 18.2 Å². The molecule has 1 N–H and O–H groups in total. The van der Waals surface area contributed by atoms with Crippen LogP contribution in [0.4, 0.5) is 8.78 Å². The molecule has 4 rings (SSSR count). The van der Waals surface area contributed by atoms with E-state index in [0.717, 1.165) is 17.7 Å². The number of H-pyrrole nitrogens is 1. The minimum absolute atomic E-state index is 0.271. The van der Waals surface area contributed by atoms with Crippen LogP contribution in [0, 0.1) is 16.4 Å². The van der Waals surface area contributed by atoms with E-state index in [0.29, 0.717) is 15.4 Å². The van der Waals surface area contributed by atoms with Gasteiger partial charge in [-0.3, -0.25) is 9.78 Å². The molecule has 2 heterocycles. The number of epoxide rings is 1. The number of benzene rings is 2. The Bertz CT molecular complexity index is 1010. The third-order valence-electron chi connectivity index (χ3n) is 4.30. The van der Waals surface area contributed by atoms with Gasteiger partial charge in [-0.2, -0.15) is 0 Å². The molecule has 2 atom stereocenters. The Morgan fingerprint density at radius 1 is 1.24 bits per heavy atom. The first-order chi connectivity index (χ1) is 12.0. The van der Waals surface area contributed by atoms with Crippen LogP contribution in [-0.2, 0) is 16.9 Å². The topological polar surface area (TPSA) is 46.1 Å². The van der Waals surface area contributed by atoms with E-state index in [1.165, 1.54) is 12.4 Å². The fourth-order valence-electron chi connectivity index (χ4n) is 3.00. The molecular weight excluding hydrogens is 368 g/mol. The number of rotatable bonds is 4. The molecule has 1 saturated heterocycles. The third kappa shape index (κ3) is 2.78. The summed E-state index contributed by atoms with van der Waals surface area (Å²) in [6, 6.07) is 11.0. The summed E-state index contributed by atoms with van der Waals surface area (Å²) in [6.45, 7) is 0.271. The molecule has 0 bridgehead atoms. The van der Waals surface area contributed by atoms with Gasteiger partial charge in [0.25, 0.3) is 0 Å². The Hall–Kier alpha value is -2.09. The van der Waals surface area contributed by atoms with Crippen LogP contribution >= 0.6 is 23.8 Å². The molecule has 0 spiro atoms. The van der Waals surface area contributed by atoms with Gasteiger partial charge in [0.15, 0.2) is 11.6 Å². The summed E-state index contributed by atoms with van der Waals surface area (Å²) in [4.78, 5) is 3.98. The highest BCUT2D eigenvalue weighted by molar-refractivity contribution is 7.71. The Morgan fingerprint density at radius 3 is 2.72 bits per heavy atom. The number of nitrogens with zero attached hydrogens (tertiary/aromatic N) is 2. The molecule has 1 aliphatic heterocycles. The van der Waals surface area contributed by atoms with Crippen LogP contribution in [-0.4, -0.2) is 14.8 Å². The summed E-state index contributed by atoms with van der Waals surface area (Å²) in [5, 5.41) is 3.45. The van der Waals surface area contributed by atoms with E-state index in [9.17, 15) is 8.78 Å². The lowest BCUT2D eigenvalue weighted by Gasteiger charge is -2.15. The highest BCUT2D eigenvalue weighted by atomic mass is 35.5. The first kappa shape index (κ1) is 16.4. The minimum atomic E-state index is -0.932. The van der Waals surface area contributed by atoms with Crippen molar-refractivity contribution in [3.05, 3.63) is 81.3 Å². The molecule has 8 heteroatoms. The summed E-state index contributed by atoms with van der Waals surface area (Å²) < 4.78 is 35.1. The van der Waals surface area contributed by atoms with Gasteiger partial charge < -0.3 is 4.74 Å². The average Bonchev–Trinajstić information content (AvgIpc) is 3.18. The van der Waals surface area contributed by atoms with Gasteiger partial charge in [0.05, 0.1) is 6.54 Å². The zero-order valence-corrected chi connectivity index (χ0v) is 14.3. The zero-order chi connectivity index (χ0) is 17.6. The van der Waals surface area contributed by atoms with Crippen LogP contribution < -0.4 is 0 Å². The van der Waals surface area contributed by atoms with Gasteiger partial charge in [-0.05, 0) is 36.0 Å². The quantitative estimate of drug-likeness (QED) is 0.534. The van der Waals surface area contributed by atoms with Crippen LogP contribution in [0.5, 0.6) is 0 Å². The SMILES string of the molecule is Fc1ccc(C2(Cn3[nH]cnc3=S)OC2c2ccccc2Cl)cc1F. The van der Waals surface area contributed by atoms with Crippen molar-refractivity contribution >= 4 is 23.8 Å². The summed E-state index contributed by atoms with van der Waals surface area (Å²) >= 11 is 11.4. The van der Waals surface area contributed by atoms with Crippen LogP contribution in [0.3, 0.4) is 0 Å². The van der Waals surface area contributed by atoms with E-state index < -0.39 is 23.3 Å². The van der Waals surface area contributed by atoms with E-state index in [4.69, 9.17) is 28.6 Å². The second-order valence-corrected chi connectivity index (χ2v) is 6.57. The van der Waals surface area contributed by atoms with Gasteiger partial charge in [0.2, 0.25) is 4.77 Å². The second kappa shape index (κ2) is 6.01. The van der Waals surface area contributed by atoms with Gasteiger partial charge in [0, 0.05) is 10.6 Å². The fourth-order valence-corrected chi connectivity index (χ4v) is 3.40. The van der Waals surface area contributed by atoms with Crippen molar-refractivity contribution in [2.75, 3.05) is 0 Å². The van der Waals surface area contributed by atoms with Crippen LogP contribution in [0.25, 0.3) is 0 Å². The number of ether oxygens (including phenoxy) is 1. The molecule has 25 heavy (non-hydrogen) atoms. The van der Waals surface area contributed by atoms with E-state index in [1.54, 1.807) is 10.7 Å². The van der Waals surface area contributed by atoms with Crippen molar-refractivity contribution in [3.8, 4) is 0 Å². The maximum atomic E-state index is 13.8. The third-order valence-corrected chi connectivity index (χ3v) is 4.97. The standard InChI is InChI=1S/C17H12ClF2N3OS/c18-12-4-2-1-3-11(12)15-17(24-15,8-23-16(25)21-9-22-23)10-5-6-13(19)14(20)7-10/h1-7,9,15H,8H2,(H,21,22,25). The molecule has 1 aromatic heterocycles. The number of nitrogens with one attached hydrogen (secondary N) is 1. The second-order valence-electron chi connectivity index (χ2n) is 5.79. The number of aromatic nitrogens is 3. The molecule has 0 saturated carbocycles. The van der Waals surface area contributed by atoms with Gasteiger partial charge in [-0.15, -0.1) is 0 Å². The monoisotopic (exact) mass is 379 g/mol. The number of hydrogen-bond acceptors (Lipinski definition) is 3. The zero-order valence-electron chi connectivity index (χ0n) is 12.7. The Morgan fingerprint density at radius 2 is 2.04 bits per heavy atom. The average molecular weight is 380 g/mol. The molecule has 0 aliphatic carbocycles. The Labute approximate surface area is 152 Å². The predicted octanol–water partition coefficient (Wildman–Crippen LogP) is 4.54. The maximum Gasteiger partial charge on any atom is 0.215 e. The van der Waals surface area contributed by atoms with Gasteiger partial charge >= 0.3 is 0 Å². The normalized spacial score (nSPS) is 22.1. The molecule has 2 unspecified atom stereocenters. The van der Waals surface area contributed by atoms with E-state index >= 15 is 0 Å². The number of halogens is 3. The molecule has 0 amide bonds. The first-order valence-electron chi connectivity index (χ1n) is 7.49. The van der Waals surface area contributed by atoms with Crippen molar-refractivity contribution in [2.24, 2.45) is 0 Å². The lowest BCUT2D eigenvalue weighted by molar-refractivity contribution is 0.260. The maximum absolute atomic E-state index is 13.8. The van der Waals surface area contributed by atoms with Crippen molar-refractivity contribution < 1.29 is 13.5 Å². The van der Waals surface area contributed by atoms with Crippen LogP contribution in [0.2, 0.25) is 5.02 Å². The Balaban J connectivity index is 1.80. The molecule has 0 radical (unpaired) electrons. The summed E-state index contributed by atoms with van der Waals surface area (Å²) in [7, 11) is 0. The van der Waals surface area contributed by atoms with Crippen molar-refractivity contribution in [1.82, 2.24) is 14.8 Å². The molecule has 4 nitrogen and oxygen atoms in total. The van der Waals surface area contributed by atoms with E-state index in [1.807, 2.05) is 18.2 Å². The fraction of sp³-hybridized carbons (Fsp3) is 0.176. The lowest BCUT2D eigenvalue weighted by atomic mass is 9.91. The van der Waals surface area contributed by atoms with Crippen LogP contribution in [0.15, 0.2) is 48.8 Å².